The molecule has 0 amide bonds. The van der Waals surface area contributed by atoms with Crippen molar-refractivity contribution in [1.29, 1.82) is 0 Å². The van der Waals surface area contributed by atoms with Gasteiger partial charge in [0.15, 0.2) is 0 Å². The highest BCUT2D eigenvalue weighted by Crippen LogP contribution is 2.29. The number of carbonyl (C=O) groups is 1. The zero-order valence-electron chi connectivity index (χ0n) is 19.0. The van der Waals surface area contributed by atoms with Gasteiger partial charge < -0.3 is 14.5 Å². The summed E-state index contributed by atoms with van der Waals surface area (Å²) in [6.07, 6.45) is 2.00. The van der Waals surface area contributed by atoms with Gasteiger partial charge in [0, 0.05) is 39.6 Å². The topological polar surface area (TPSA) is 32.8 Å². The van der Waals surface area contributed by atoms with Gasteiger partial charge in [-0.25, -0.2) is 0 Å². The first-order chi connectivity index (χ1) is 13.5. The summed E-state index contributed by atoms with van der Waals surface area (Å²) in [5, 5.41) is 0. The quantitative estimate of drug-likeness (QED) is 0.628. The van der Waals surface area contributed by atoms with Crippen LogP contribution in [0.15, 0.2) is 54.6 Å². The third-order valence-corrected chi connectivity index (χ3v) is 4.58. The van der Waals surface area contributed by atoms with E-state index in [4.69, 9.17) is 4.74 Å². The smallest absolute Gasteiger partial charge is 0.313 e. The summed E-state index contributed by atoms with van der Waals surface area (Å²) in [5.74, 6) is -0.573. The molecular formula is C25H34N2O2. The maximum absolute atomic E-state index is 12.6. The van der Waals surface area contributed by atoms with Crippen molar-refractivity contribution in [2.45, 2.75) is 33.3 Å². The largest absolute Gasteiger partial charge is 0.460 e. The van der Waals surface area contributed by atoms with Gasteiger partial charge in [-0.2, -0.15) is 0 Å². The van der Waals surface area contributed by atoms with E-state index in [1.165, 1.54) is 0 Å². The van der Waals surface area contributed by atoms with E-state index in [1.807, 2.05) is 62.0 Å². The predicted molar refractivity (Wildman–Crippen MR) is 124 cm³/mol. The molecule has 0 spiro atoms. The lowest BCUT2D eigenvalue weighted by molar-refractivity contribution is -0.157. The summed E-state index contributed by atoms with van der Waals surface area (Å²) in [5.41, 5.74) is 4.94. The number of carbonyl (C=O) groups excluding carboxylic acids is 1. The Morgan fingerprint density at radius 3 is 1.52 bits per heavy atom. The molecule has 2 aromatic rings. The SMILES string of the molecule is C[C@H](C=C(c1ccc(N(C)C)cc1)c1ccc(N(C)C)cc1)C(=O)OC(C)(C)C. The van der Waals surface area contributed by atoms with E-state index in [1.54, 1.807) is 0 Å². The van der Waals surface area contributed by atoms with E-state index in [9.17, 15) is 4.79 Å². The van der Waals surface area contributed by atoms with Gasteiger partial charge in [-0.1, -0.05) is 30.3 Å². The minimum Gasteiger partial charge on any atom is -0.460 e. The lowest BCUT2D eigenvalue weighted by atomic mass is 9.93. The normalized spacial score (nSPS) is 12.1. The summed E-state index contributed by atoms with van der Waals surface area (Å²) in [6.45, 7) is 7.56. The van der Waals surface area contributed by atoms with Crippen LogP contribution >= 0.6 is 0 Å². The Morgan fingerprint density at radius 2 is 1.21 bits per heavy atom. The van der Waals surface area contributed by atoms with Crippen LogP contribution in [0.25, 0.3) is 5.57 Å². The van der Waals surface area contributed by atoms with Crippen molar-refractivity contribution >= 4 is 22.9 Å². The molecule has 0 bridgehead atoms. The number of rotatable bonds is 6. The molecule has 2 aromatic carbocycles. The van der Waals surface area contributed by atoms with Crippen LogP contribution in [-0.2, 0) is 9.53 Å². The molecule has 4 nitrogen and oxygen atoms in total. The van der Waals surface area contributed by atoms with Crippen molar-refractivity contribution in [3.8, 4) is 0 Å². The Morgan fingerprint density at radius 1 is 0.828 bits per heavy atom. The number of esters is 1. The van der Waals surface area contributed by atoms with E-state index in [0.29, 0.717) is 0 Å². The lowest BCUT2D eigenvalue weighted by Crippen LogP contribution is -2.27. The summed E-state index contributed by atoms with van der Waals surface area (Å²) in [6, 6.07) is 16.8. The van der Waals surface area contributed by atoms with Crippen molar-refractivity contribution in [1.82, 2.24) is 0 Å². The van der Waals surface area contributed by atoms with Crippen LogP contribution in [0.2, 0.25) is 0 Å². The van der Waals surface area contributed by atoms with Gasteiger partial charge in [0.05, 0.1) is 5.92 Å². The Bertz CT molecular complexity index is 788. The second-order valence-electron chi connectivity index (χ2n) is 8.79. The van der Waals surface area contributed by atoms with Gasteiger partial charge in [0.1, 0.15) is 5.60 Å². The van der Waals surface area contributed by atoms with Gasteiger partial charge >= 0.3 is 5.97 Å². The number of hydrogen-bond donors (Lipinski definition) is 0. The molecule has 0 unspecified atom stereocenters. The first-order valence-corrected chi connectivity index (χ1v) is 9.98. The molecule has 0 aliphatic heterocycles. The summed E-state index contributed by atoms with van der Waals surface area (Å²) >= 11 is 0. The second kappa shape index (κ2) is 9.17. The lowest BCUT2D eigenvalue weighted by Gasteiger charge is -2.22. The zero-order chi connectivity index (χ0) is 21.8. The van der Waals surface area contributed by atoms with Crippen LogP contribution < -0.4 is 9.80 Å². The second-order valence-corrected chi connectivity index (χ2v) is 8.79. The van der Waals surface area contributed by atoms with Crippen molar-refractivity contribution in [3.05, 3.63) is 65.7 Å². The van der Waals surface area contributed by atoms with Gasteiger partial charge in [-0.3, -0.25) is 4.79 Å². The first kappa shape index (κ1) is 22.5. The van der Waals surface area contributed by atoms with Gasteiger partial charge in [0.25, 0.3) is 0 Å². The van der Waals surface area contributed by atoms with E-state index < -0.39 is 5.60 Å². The van der Waals surface area contributed by atoms with E-state index in [2.05, 4.69) is 58.3 Å². The molecule has 0 fully saturated rings. The Kier molecular flexibility index (Phi) is 7.12. The van der Waals surface area contributed by atoms with Crippen LogP contribution in [0.5, 0.6) is 0 Å². The fourth-order valence-electron chi connectivity index (χ4n) is 2.95. The molecule has 0 aromatic heterocycles. The Hall–Kier alpha value is -2.75. The number of benzene rings is 2. The molecule has 4 heteroatoms. The minimum atomic E-state index is -0.500. The van der Waals surface area contributed by atoms with Crippen LogP contribution in [0.4, 0.5) is 11.4 Å². The van der Waals surface area contributed by atoms with E-state index in [0.717, 1.165) is 28.1 Å². The monoisotopic (exact) mass is 394 g/mol. The average Bonchev–Trinajstić information content (AvgIpc) is 2.64. The Labute approximate surface area is 175 Å². The molecule has 156 valence electrons. The molecule has 0 saturated heterocycles. The number of nitrogens with zero attached hydrogens (tertiary/aromatic N) is 2. The fraction of sp³-hybridized carbons (Fsp3) is 0.400. The number of hydrogen-bond acceptors (Lipinski definition) is 4. The summed E-state index contributed by atoms with van der Waals surface area (Å²) < 4.78 is 5.58. The minimum absolute atomic E-state index is 0.218. The Balaban J connectivity index is 2.45. The molecule has 1 atom stereocenters. The molecule has 0 aliphatic carbocycles. The maximum atomic E-state index is 12.6. The molecular weight excluding hydrogens is 360 g/mol. The van der Waals surface area contributed by atoms with E-state index in [-0.39, 0.29) is 11.9 Å². The molecule has 0 N–H and O–H groups in total. The highest BCUT2D eigenvalue weighted by Gasteiger charge is 2.21. The number of anilines is 2. The zero-order valence-corrected chi connectivity index (χ0v) is 19.0. The molecule has 2 rings (SSSR count). The summed E-state index contributed by atoms with van der Waals surface area (Å²) in [4.78, 5) is 16.7. The third-order valence-electron chi connectivity index (χ3n) is 4.58. The molecule has 0 radical (unpaired) electrons. The van der Waals surface area contributed by atoms with Crippen LogP contribution in [0.1, 0.15) is 38.8 Å². The van der Waals surface area contributed by atoms with Crippen LogP contribution in [0, 0.1) is 5.92 Å². The molecule has 0 saturated carbocycles. The highest BCUT2D eigenvalue weighted by atomic mass is 16.6. The van der Waals surface area contributed by atoms with Crippen molar-refractivity contribution in [2.24, 2.45) is 5.92 Å². The van der Waals surface area contributed by atoms with E-state index >= 15 is 0 Å². The maximum Gasteiger partial charge on any atom is 0.313 e. The van der Waals surface area contributed by atoms with Crippen LogP contribution in [-0.4, -0.2) is 39.8 Å². The van der Waals surface area contributed by atoms with Gasteiger partial charge in [0.2, 0.25) is 0 Å². The highest BCUT2D eigenvalue weighted by molar-refractivity contribution is 5.85. The van der Waals surface area contributed by atoms with Crippen molar-refractivity contribution in [2.75, 3.05) is 38.0 Å². The fourth-order valence-corrected chi connectivity index (χ4v) is 2.95. The number of ether oxygens (including phenoxy) is 1. The van der Waals surface area contributed by atoms with Crippen molar-refractivity contribution < 1.29 is 9.53 Å². The van der Waals surface area contributed by atoms with Crippen LogP contribution in [0.3, 0.4) is 0 Å². The molecule has 0 aliphatic rings. The van der Waals surface area contributed by atoms with Gasteiger partial charge in [-0.05, 0) is 68.7 Å². The van der Waals surface area contributed by atoms with Crippen molar-refractivity contribution in [3.63, 3.8) is 0 Å². The standard InChI is InChI=1S/C25H34N2O2/c1-18(24(28)29-25(2,3)4)17-23(19-9-13-21(14-10-19)26(5)6)20-11-15-22(16-12-20)27(7)8/h9-18H,1-8H3/t18-/m1/s1. The third kappa shape index (κ3) is 6.38. The first-order valence-electron chi connectivity index (χ1n) is 9.98. The molecule has 0 heterocycles. The van der Waals surface area contributed by atoms with Gasteiger partial charge in [-0.15, -0.1) is 0 Å². The predicted octanol–water partition coefficient (Wildman–Crippen LogP) is 5.23. The summed E-state index contributed by atoms with van der Waals surface area (Å²) in [7, 11) is 8.10. The average molecular weight is 395 g/mol. The molecule has 29 heavy (non-hydrogen) atoms.